The Kier molecular flexibility index (Phi) is 6.39. The fraction of sp³-hybridized carbons (Fsp3) is 0.320. The summed E-state index contributed by atoms with van der Waals surface area (Å²) in [5, 5.41) is 9.42. The molecule has 2 N–H and O–H groups in total. The first-order valence-electron chi connectivity index (χ1n) is 11.3. The molecule has 0 spiro atoms. The van der Waals surface area contributed by atoms with E-state index in [-0.39, 0.29) is 25.2 Å². The topological polar surface area (TPSA) is 121 Å². The fourth-order valence-electron chi connectivity index (χ4n) is 4.25. The number of aryl methyl sites for hydroxylation is 2. The number of nitrogens with one attached hydrogen (secondary N) is 2. The first kappa shape index (κ1) is 22.9. The third kappa shape index (κ3) is 4.98. The van der Waals surface area contributed by atoms with E-state index in [0.717, 1.165) is 5.75 Å². The van der Waals surface area contributed by atoms with Crippen LogP contribution in [0.3, 0.4) is 0 Å². The number of para-hydroxylation sites is 1. The Morgan fingerprint density at radius 3 is 2.37 bits per heavy atom. The van der Waals surface area contributed by atoms with Crippen LogP contribution in [0.25, 0.3) is 0 Å². The minimum atomic E-state index is -0.622. The van der Waals surface area contributed by atoms with Crippen LogP contribution < -0.4 is 15.4 Å². The van der Waals surface area contributed by atoms with Crippen LogP contribution in [0, 0.1) is 13.8 Å². The summed E-state index contributed by atoms with van der Waals surface area (Å²) in [5.41, 5.74) is 1.47. The smallest absolute Gasteiger partial charge is 0.412 e. The molecule has 5 rings (SSSR count). The zero-order valence-electron chi connectivity index (χ0n) is 19.2. The van der Waals surface area contributed by atoms with Gasteiger partial charge in [0, 0.05) is 5.69 Å². The maximum Gasteiger partial charge on any atom is 0.412 e. The molecule has 10 nitrogen and oxygen atoms in total. The van der Waals surface area contributed by atoms with Crippen LogP contribution >= 0.6 is 0 Å². The number of ether oxygens (including phenoxy) is 4. The molecule has 2 fully saturated rings. The van der Waals surface area contributed by atoms with Crippen molar-refractivity contribution in [2.24, 2.45) is 0 Å². The summed E-state index contributed by atoms with van der Waals surface area (Å²) in [6, 6.07) is 16.0. The largest absolute Gasteiger partial charge is 0.457 e. The van der Waals surface area contributed by atoms with Crippen LogP contribution in [0.1, 0.15) is 21.8 Å². The maximum absolute atomic E-state index is 12.7. The Labute approximate surface area is 201 Å². The zero-order valence-corrected chi connectivity index (χ0v) is 19.2. The Bertz CT molecular complexity index is 1180. The van der Waals surface area contributed by atoms with Gasteiger partial charge in [-0.2, -0.15) is 0 Å². The Hall–Kier alpha value is -3.89. The molecule has 0 bridgehead atoms. The van der Waals surface area contributed by atoms with Gasteiger partial charge in [-0.1, -0.05) is 23.4 Å². The van der Waals surface area contributed by atoms with Gasteiger partial charge in [-0.3, -0.25) is 10.1 Å². The number of carbonyl (C=O) groups is 2. The van der Waals surface area contributed by atoms with Crippen LogP contribution in [-0.2, 0) is 14.2 Å². The van der Waals surface area contributed by atoms with E-state index in [4.69, 9.17) is 23.5 Å². The van der Waals surface area contributed by atoms with Gasteiger partial charge in [0.1, 0.15) is 35.0 Å². The Morgan fingerprint density at radius 1 is 0.943 bits per heavy atom. The lowest BCUT2D eigenvalue weighted by atomic mass is 10.1. The summed E-state index contributed by atoms with van der Waals surface area (Å²) in [4.78, 5) is 25.1. The van der Waals surface area contributed by atoms with Crippen molar-refractivity contribution < 1.29 is 33.1 Å². The van der Waals surface area contributed by atoms with E-state index in [1.165, 1.54) is 0 Å². The number of hydrogen-bond acceptors (Lipinski definition) is 8. The molecule has 3 heterocycles. The number of benzene rings is 2. The van der Waals surface area contributed by atoms with Gasteiger partial charge in [-0.15, -0.1) is 0 Å². The van der Waals surface area contributed by atoms with Crippen LogP contribution in [-0.4, -0.2) is 54.7 Å². The van der Waals surface area contributed by atoms with E-state index in [9.17, 15) is 9.59 Å². The number of nitrogens with zero attached hydrogens (tertiary/aromatic N) is 1. The van der Waals surface area contributed by atoms with Crippen molar-refractivity contribution in [3.05, 3.63) is 71.6 Å². The van der Waals surface area contributed by atoms with E-state index in [1.807, 2.05) is 30.3 Å². The third-order valence-electron chi connectivity index (χ3n) is 5.92. The highest BCUT2D eigenvalue weighted by molar-refractivity contribution is 5.96. The van der Waals surface area contributed by atoms with Crippen LogP contribution in [0.5, 0.6) is 11.5 Å². The summed E-state index contributed by atoms with van der Waals surface area (Å²) in [6.07, 6.45) is -2.12. The van der Waals surface area contributed by atoms with Gasteiger partial charge in [0.15, 0.2) is 6.10 Å². The highest BCUT2D eigenvalue weighted by Crippen LogP contribution is 2.30. The molecule has 2 aliphatic heterocycles. The van der Waals surface area contributed by atoms with Crippen LogP contribution in [0.2, 0.25) is 0 Å². The molecule has 2 aliphatic rings. The van der Waals surface area contributed by atoms with E-state index in [0.29, 0.717) is 28.5 Å². The number of fused-ring (bicyclic) bond motifs is 1. The highest BCUT2D eigenvalue weighted by atomic mass is 16.6. The number of anilines is 1. The molecule has 0 aliphatic carbocycles. The summed E-state index contributed by atoms with van der Waals surface area (Å²) in [6.45, 7) is 3.80. The minimum Gasteiger partial charge on any atom is -0.457 e. The minimum absolute atomic E-state index is 0.171. The van der Waals surface area contributed by atoms with Gasteiger partial charge in [0.25, 0.3) is 5.91 Å². The third-order valence-corrected chi connectivity index (χ3v) is 5.92. The molecule has 2 amide bonds. The van der Waals surface area contributed by atoms with Gasteiger partial charge in [0.05, 0.1) is 24.9 Å². The Balaban J connectivity index is 1.13. The second kappa shape index (κ2) is 9.77. The molecule has 4 atom stereocenters. The predicted molar refractivity (Wildman–Crippen MR) is 124 cm³/mol. The molecular formula is C25H25N3O7. The molecule has 1 aromatic heterocycles. The average molecular weight is 479 g/mol. The molecular weight excluding hydrogens is 454 g/mol. The van der Waals surface area contributed by atoms with E-state index >= 15 is 0 Å². The predicted octanol–water partition coefficient (Wildman–Crippen LogP) is 3.60. The van der Waals surface area contributed by atoms with Gasteiger partial charge in [-0.05, 0) is 50.2 Å². The fourth-order valence-corrected chi connectivity index (χ4v) is 4.25. The maximum atomic E-state index is 12.7. The number of hydrogen-bond donors (Lipinski definition) is 2. The lowest BCUT2D eigenvalue weighted by Gasteiger charge is -2.18. The van der Waals surface area contributed by atoms with Crippen molar-refractivity contribution in [2.45, 2.75) is 38.2 Å². The van der Waals surface area contributed by atoms with E-state index in [1.54, 1.807) is 38.1 Å². The zero-order chi connectivity index (χ0) is 24.4. The normalized spacial score (nSPS) is 22.9. The number of rotatable bonds is 6. The summed E-state index contributed by atoms with van der Waals surface area (Å²) in [7, 11) is 0. The first-order valence-corrected chi connectivity index (χ1v) is 11.3. The molecule has 3 aromatic rings. The van der Waals surface area contributed by atoms with Crippen molar-refractivity contribution in [1.29, 1.82) is 0 Å². The lowest BCUT2D eigenvalue weighted by molar-refractivity contribution is 0.00861. The van der Waals surface area contributed by atoms with Gasteiger partial charge < -0.3 is 28.8 Å². The monoisotopic (exact) mass is 479 g/mol. The van der Waals surface area contributed by atoms with Gasteiger partial charge >= 0.3 is 6.09 Å². The van der Waals surface area contributed by atoms with Crippen molar-refractivity contribution in [3.63, 3.8) is 0 Å². The SMILES string of the molecule is Cc1noc(C)c1C(=O)N[C@@H]1CO[C@@H]2[C@@H]1OC[C@H]2OC(=O)Nc1ccc(Oc2ccccc2)cc1. The van der Waals surface area contributed by atoms with Crippen molar-refractivity contribution in [3.8, 4) is 11.5 Å². The highest BCUT2D eigenvalue weighted by Gasteiger charge is 2.50. The standard InChI is InChI=1S/C25H25N3O7/c1-14-21(15(2)35-28-14)24(29)27-19-12-31-23-20(13-32-22(19)23)34-25(30)26-16-8-10-18(11-9-16)33-17-6-4-3-5-7-17/h3-11,19-20,22-23H,12-13H2,1-2H3,(H,26,30)(H,27,29)/t19-,20-,22-,23+/m1/s1. The molecule has 182 valence electrons. The van der Waals surface area contributed by atoms with Crippen molar-refractivity contribution in [1.82, 2.24) is 10.5 Å². The number of aromatic nitrogens is 1. The molecule has 0 unspecified atom stereocenters. The second-order valence-corrected chi connectivity index (χ2v) is 8.38. The second-order valence-electron chi connectivity index (χ2n) is 8.38. The molecule has 2 saturated heterocycles. The number of carbonyl (C=O) groups excluding carboxylic acids is 2. The quantitative estimate of drug-likeness (QED) is 0.550. The summed E-state index contributed by atoms with van der Waals surface area (Å²) in [5.74, 6) is 1.51. The summed E-state index contributed by atoms with van der Waals surface area (Å²) >= 11 is 0. The molecule has 0 radical (unpaired) electrons. The molecule has 10 heteroatoms. The van der Waals surface area contributed by atoms with Crippen LogP contribution in [0.15, 0.2) is 59.1 Å². The Morgan fingerprint density at radius 2 is 1.66 bits per heavy atom. The van der Waals surface area contributed by atoms with Gasteiger partial charge in [-0.25, -0.2) is 4.79 Å². The molecule has 35 heavy (non-hydrogen) atoms. The van der Waals surface area contributed by atoms with Crippen LogP contribution in [0.4, 0.5) is 10.5 Å². The average Bonchev–Trinajstić information content (AvgIpc) is 3.53. The van der Waals surface area contributed by atoms with Crippen molar-refractivity contribution in [2.75, 3.05) is 18.5 Å². The number of amides is 2. The summed E-state index contributed by atoms with van der Waals surface area (Å²) < 4.78 is 28.0. The first-order chi connectivity index (χ1) is 17.0. The molecule has 0 saturated carbocycles. The van der Waals surface area contributed by atoms with Crippen molar-refractivity contribution >= 4 is 17.7 Å². The van der Waals surface area contributed by atoms with Gasteiger partial charge in [0.2, 0.25) is 0 Å². The molecule has 2 aromatic carbocycles. The lowest BCUT2D eigenvalue weighted by Crippen LogP contribution is -2.44. The van der Waals surface area contributed by atoms with E-state index < -0.39 is 24.4 Å². The van der Waals surface area contributed by atoms with E-state index in [2.05, 4.69) is 15.8 Å².